The Bertz CT molecular complexity index is 359. The molecule has 0 bridgehead atoms. The third-order valence-electron chi connectivity index (χ3n) is 2.26. The third-order valence-corrected chi connectivity index (χ3v) is 2.26. The van der Waals surface area contributed by atoms with Crippen LogP contribution in [-0.2, 0) is 4.84 Å². The minimum Gasteiger partial charge on any atom is -0.496 e. The van der Waals surface area contributed by atoms with Gasteiger partial charge in [-0.3, -0.25) is 0 Å². The molecule has 0 aliphatic rings. The highest BCUT2D eigenvalue weighted by molar-refractivity contribution is 6.00. The van der Waals surface area contributed by atoms with Gasteiger partial charge in [0.1, 0.15) is 12.9 Å². The molecule has 0 N–H and O–H groups in total. The zero-order chi connectivity index (χ0) is 11.3. The second-order valence-corrected chi connectivity index (χ2v) is 3.26. The van der Waals surface area contributed by atoms with Gasteiger partial charge in [0.25, 0.3) is 0 Å². The lowest BCUT2D eigenvalue weighted by molar-refractivity contribution is 0.213. The van der Waals surface area contributed by atoms with Crippen LogP contribution in [0.15, 0.2) is 23.4 Å². The monoisotopic (exact) mass is 207 g/mol. The molecule has 0 unspecified atom stereocenters. The van der Waals surface area contributed by atoms with E-state index in [-0.39, 0.29) is 0 Å². The van der Waals surface area contributed by atoms with Gasteiger partial charge in [-0.05, 0) is 42.7 Å². The van der Waals surface area contributed by atoms with E-state index in [0.717, 1.165) is 29.0 Å². The van der Waals surface area contributed by atoms with Crippen LogP contribution in [0.2, 0.25) is 0 Å². The van der Waals surface area contributed by atoms with Crippen molar-refractivity contribution in [2.45, 2.75) is 20.3 Å². The second kappa shape index (κ2) is 5.39. The van der Waals surface area contributed by atoms with E-state index in [9.17, 15) is 0 Å². The lowest BCUT2D eigenvalue weighted by Gasteiger charge is -2.08. The lowest BCUT2D eigenvalue weighted by atomic mass is 10.1. The van der Waals surface area contributed by atoms with Gasteiger partial charge in [0.15, 0.2) is 0 Å². The Balaban J connectivity index is 3.05. The zero-order valence-corrected chi connectivity index (χ0v) is 9.70. The zero-order valence-electron chi connectivity index (χ0n) is 9.70. The van der Waals surface area contributed by atoms with Crippen LogP contribution in [0.5, 0.6) is 5.75 Å². The SMILES string of the molecule is CCC(=NOC)c1ccc(OC)c(C)c1. The molecule has 1 aromatic carbocycles. The van der Waals surface area contributed by atoms with E-state index in [4.69, 9.17) is 9.57 Å². The number of hydrogen-bond donors (Lipinski definition) is 0. The molecule has 15 heavy (non-hydrogen) atoms. The topological polar surface area (TPSA) is 30.8 Å². The molecule has 0 saturated carbocycles. The summed E-state index contributed by atoms with van der Waals surface area (Å²) >= 11 is 0. The molecule has 0 saturated heterocycles. The first-order valence-electron chi connectivity index (χ1n) is 4.98. The van der Waals surface area contributed by atoms with Gasteiger partial charge in [-0.2, -0.15) is 0 Å². The number of oxime groups is 1. The molecule has 0 heterocycles. The average Bonchev–Trinajstić information content (AvgIpc) is 2.25. The van der Waals surface area contributed by atoms with Crippen LogP contribution < -0.4 is 4.74 Å². The number of methoxy groups -OCH3 is 1. The maximum atomic E-state index is 5.20. The number of ether oxygens (including phenoxy) is 1. The minimum atomic E-state index is 0.847. The summed E-state index contributed by atoms with van der Waals surface area (Å²) in [6.45, 7) is 4.07. The largest absolute Gasteiger partial charge is 0.496 e. The average molecular weight is 207 g/mol. The molecule has 1 rings (SSSR count). The Morgan fingerprint density at radius 2 is 2.07 bits per heavy atom. The fraction of sp³-hybridized carbons (Fsp3) is 0.417. The maximum absolute atomic E-state index is 5.20. The number of rotatable bonds is 4. The lowest BCUT2D eigenvalue weighted by Crippen LogP contribution is -2.00. The second-order valence-electron chi connectivity index (χ2n) is 3.26. The Kier molecular flexibility index (Phi) is 4.16. The number of benzene rings is 1. The van der Waals surface area contributed by atoms with Crippen LogP contribution in [-0.4, -0.2) is 19.9 Å². The Labute approximate surface area is 90.7 Å². The minimum absolute atomic E-state index is 0.847. The van der Waals surface area contributed by atoms with Crippen molar-refractivity contribution in [2.75, 3.05) is 14.2 Å². The van der Waals surface area contributed by atoms with Gasteiger partial charge < -0.3 is 9.57 Å². The van der Waals surface area contributed by atoms with Crippen molar-refractivity contribution in [3.05, 3.63) is 29.3 Å². The quantitative estimate of drug-likeness (QED) is 0.561. The van der Waals surface area contributed by atoms with Gasteiger partial charge in [-0.25, -0.2) is 0 Å². The summed E-state index contributed by atoms with van der Waals surface area (Å²) in [6, 6.07) is 6.00. The van der Waals surface area contributed by atoms with Crippen LogP contribution in [0.3, 0.4) is 0 Å². The number of nitrogens with zero attached hydrogens (tertiary/aromatic N) is 1. The summed E-state index contributed by atoms with van der Waals surface area (Å²) in [4.78, 5) is 4.80. The van der Waals surface area contributed by atoms with Crippen LogP contribution >= 0.6 is 0 Å². The van der Waals surface area contributed by atoms with Crippen LogP contribution in [0.25, 0.3) is 0 Å². The van der Waals surface area contributed by atoms with Crippen LogP contribution in [0.1, 0.15) is 24.5 Å². The highest BCUT2D eigenvalue weighted by Gasteiger charge is 2.05. The van der Waals surface area contributed by atoms with E-state index in [0.29, 0.717) is 0 Å². The van der Waals surface area contributed by atoms with Gasteiger partial charge in [0.2, 0.25) is 0 Å². The van der Waals surface area contributed by atoms with Gasteiger partial charge in [-0.1, -0.05) is 12.1 Å². The fourth-order valence-electron chi connectivity index (χ4n) is 1.49. The van der Waals surface area contributed by atoms with E-state index in [1.807, 2.05) is 19.1 Å². The first-order valence-corrected chi connectivity index (χ1v) is 4.98. The Hall–Kier alpha value is -1.51. The van der Waals surface area contributed by atoms with Crippen LogP contribution in [0.4, 0.5) is 0 Å². The highest BCUT2D eigenvalue weighted by atomic mass is 16.6. The van der Waals surface area contributed by atoms with E-state index < -0.39 is 0 Å². The van der Waals surface area contributed by atoms with E-state index >= 15 is 0 Å². The Morgan fingerprint density at radius 3 is 2.53 bits per heavy atom. The Morgan fingerprint density at radius 1 is 1.33 bits per heavy atom. The molecule has 0 aliphatic carbocycles. The van der Waals surface area contributed by atoms with Crippen molar-refractivity contribution in [2.24, 2.45) is 5.16 Å². The summed E-state index contributed by atoms with van der Waals surface area (Å²) in [5, 5.41) is 3.99. The first-order chi connectivity index (χ1) is 7.22. The van der Waals surface area contributed by atoms with Crippen molar-refractivity contribution in [1.82, 2.24) is 0 Å². The molecule has 0 aromatic heterocycles. The van der Waals surface area contributed by atoms with Gasteiger partial charge >= 0.3 is 0 Å². The van der Waals surface area contributed by atoms with Crippen molar-refractivity contribution in [1.29, 1.82) is 0 Å². The number of hydrogen-bond acceptors (Lipinski definition) is 3. The molecule has 82 valence electrons. The molecule has 0 fully saturated rings. The predicted octanol–water partition coefficient (Wildman–Crippen LogP) is 2.76. The number of aryl methyl sites for hydroxylation is 1. The van der Waals surface area contributed by atoms with Crippen LogP contribution in [0, 0.1) is 6.92 Å². The normalized spacial score (nSPS) is 11.3. The molecule has 3 nitrogen and oxygen atoms in total. The smallest absolute Gasteiger partial charge is 0.121 e. The molecule has 0 spiro atoms. The summed E-state index contributed by atoms with van der Waals surface area (Å²) < 4.78 is 5.20. The molecule has 0 atom stereocenters. The standard InChI is InChI=1S/C12H17NO2/c1-5-11(13-15-4)10-6-7-12(14-3)9(2)8-10/h6-8H,5H2,1-4H3. The summed E-state index contributed by atoms with van der Waals surface area (Å²) in [5.74, 6) is 0.895. The highest BCUT2D eigenvalue weighted by Crippen LogP contribution is 2.19. The molecule has 3 heteroatoms. The van der Waals surface area contributed by atoms with Gasteiger partial charge in [0, 0.05) is 0 Å². The predicted molar refractivity (Wildman–Crippen MR) is 61.6 cm³/mol. The molecular weight excluding hydrogens is 190 g/mol. The molecule has 1 aromatic rings. The summed E-state index contributed by atoms with van der Waals surface area (Å²) in [6.07, 6.45) is 0.847. The third kappa shape index (κ3) is 2.72. The van der Waals surface area contributed by atoms with Gasteiger partial charge in [-0.15, -0.1) is 0 Å². The van der Waals surface area contributed by atoms with Crippen molar-refractivity contribution in [3.8, 4) is 5.75 Å². The molecule has 0 amide bonds. The fourth-order valence-corrected chi connectivity index (χ4v) is 1.49. The van der Waals surface area contributed by atoms with Crippen molar-refractivity contribution in [3.63, 3.8) is 0 Å². The maximum Gasteiger partial charge on any atom is 0.121 e. The summed E-state index contributed by atoms with van der Waals surface area (Å²) in [7, 11) is 3.23. The van der Waals surface area contributed by atoms with Crippen molar-refractivity contribution < 1.29 is 9.57 Å². The van der Waals surface area contributed by atoms with Crippen molar-refractivity contribution >= 4 is 5.71 Å². The van der Waals surface area contributed by atoms with E-state index in [1.165, 1.54) is 0 Å². The van der Waals surface area contributed by atoms with E-state index in [1.54, 1.807) is 14.2 Å². The molecular formula is C12H17NO2. The van der Waals surface area contributed by atoms with Gasteiger partial charge in [0.05, 0.1) is 12.8 Å². The summed E-state index contributed by atoms with van der Waals surface area (Å²) in [5.41, 5.74) is 3.13. The molecule has 0 radical (unpaired) electrons. The van der Waals surface area contributed by atoms with E-state index in [2.05, 4.69) is 18.1 Å². The first kappa shape index (κ1) is 11.6. The molecule has 0 aliphatic heterocycles.